The van der Waals surface area contributed by atoms with Gasteiger partial charge in [-0.05, 0) is 25.8 Å². The van der Waals surface area contributed by atoms with E-state index in [-0.39, 0.29) is 0 Å². The summed E-state index contributed by atoms with van der Waals surface area (Å²) in [6, 6.07) is 0. The van der Waals surface area contributed by atoms with Crippen molar-refractivity contribution < 1.29 is 0 Å². The van der Waals surface area contributed by atoms with Crippen LogP contribution in [0.4, 0.5) is 0 Å². The summed E-state index contributed by atoms with van der Waals surface area (Å²) in [5.74, 6) is 0. The molecule has 1 rings (SSSR count). The molecule has 0 atom stereocenters. The van der Waals surface area contributed by atoms with Gasteiger partial charge in [-0.25, -0.2) is 0 Å². The van der Waals surface area contributed by atoms with Crippen LogP contribution in [-0.2, 0) is 0 Å². The fourth-order valence-electron chi connectivity index (χ4n) is 1.02. The number of hydrogen-bond donors (Lipinski definition) is 0. The number of hydrogen-bond acceptors (Lipinski definition) is 0. The zero-order valence-electron chi connectivity index (χ0n) is 6.02. The average Bonchev–Trinajstić information content (AvgIpc) is 2.17. The lowest BCUT2D eigenvalue weighted by atomic mass is 10.2. The third kappa shape index (κ3) is 1.56. The van der Waals surface area contributed by atoms with Gasteiger partial charge in [0.15, 0.2) is 0 Å². The highest BCUT2D eigenvalue weighted by atomic mass is 14.0. The zero-order valence-corrected chi connectivity index (χ0v) is 6.02. The Morgan fingerprint density at radius 2 is 2.33 bits per heavy atom. The molecule has 0 aromatic rings. The monoisotopic (exact) mass is 120 g/mol. The highest BCUT2D eigenvalue weighted by Gasteiger charge is 1.97. The van der Waals surface area contributed by atoms with Crippen LogP contribution in [-0.4, -0.2) is 0 Å². The molecule has 0 heterocycles. The second kappa shape index (κ2) is 2.67. The maximum absolute atomic E-state index is 2.25. The molecule has 0 aromatic carbocycles. The maximum Gasteiger partial charge on any atom is -0.00917 e. The van der Waals surface area contributed by atoms with Gasteiger partial charge in [0.1, 0.15) is 0 Å². The fraction of sp³-hybridized carbons (Fsp3) is 0.333. The maximum atomic E-state index is 2.25. The van der Waals surface area contributed by atoms with E-state index in [1.54, 1.807) is 0 Å². The van der Waals surface area contributed by atoms with Crippen molar-refractivity contribution in [1.29, 1.82) is 0 Å². The zero-order chi connectivity index (χ0) is 6.69. The van der Waals surface area contributed by atoms with Gasteiger partial charge in [0.2, 0.25) is 0 Å². The van der Waals surface area contributed by atoms with Crippen LogP contribution in [0.5, 0.6) is 0 Å². The molecule has 1 aliphatic rings. The van der Waals surface area contributed by atoms with Crippen molar-refractivity contribution in [1.82, 2.24) is 0 Å². The van der Waals surface area contributed by atoms with Gasteiger partial charge in [0.25, 0.3) is 0 Å². The quantitative estimate of drug-likeness (QED) is 0.499. The van der Waals surface area contributed by atoms with E-state index < -0.39 is 0 Å². The van der Waals surface area contributed by atoms with E-state index >= 15 is 0 Å². The first kappa shape index (κ1) is 6.34. The Kier molecular flexibility index (Phi) is 1.88. The largest absolute Gasteiger partial charge is 0.0874 e. The molecule has 0 saturated carbocycles. The van der Waals surface area contributed by atoms with Crippen LogP contribution < -0.4 is 0 Å². The van der Waals surface area contributed by atoms with Gasteiger partial charge < -0.3 is 0 Å². The van der Waals surface area contributed by atoms with Gasteiger partial charge in [-0.3, -0.25) is 0 Å². The lowest BCUT2D eigenvalue weighted by Crippen LogP contribution is -1.65. The van der Waals surface area contributed by atoms with Gasteiger partial charge in [0, 0.05) is 0 Å². The Morgan fingerprint density at radius 1 is 1.56 bits per heavy atom. The molecule has 0 spiro atoms. The van der Waals surface area contributed by atoms with Crippen LogP contribution in [0.25, 0.3) is 0 Å². The van der Waals surface area contributed by atoms with E-state index in [2.05, 4.69) is 38.2 Å². The van der Waals surface area contributed by atoms with E-state index in [9.17, 15) is 0 Å². The molecular weight excluding hydrogens is 108 g/mol. The predicted molar refractivity (Wildman–Crippen MR) is 41.3 cm³/mol. The van der Waals surface area contributed by atoms with Crippen molar-refractivity contribution in [3.8, 4) is 0 Å². The molecule has 0 fully saturated rings. The summed E-state index contributed by atoms with van der Waals surface area (Å²) < 4.78 is 0. The van der Waals surface area contributed by atoms with Crippen molar-refractivity contribution in [2.24, 2.45) is 0 Å². The second-order valence-corrected chi connectivity index (χ2v) is 2.37. The van der Waals surface area contributed by atoms with Gasteiger partial charge in [-0.1, -0.05) is 29.9 Å². The number of rotatable bonds is 1. The molecule has 48 valence electrons. The molecule has 0 aromatic heterocycles. The third-order valence-corrected chi connectivity index (χ3v) is 1.45. The average molecular weight is 120 g/mol. The lowest BCUT2D eigenvalue weighted by Gasteiger charge is -1.85. The molecule has 0 radical (unpaired) electrons. The first-order chi connectivity index (χ1) is 4.33. The molecule has 0 saturated heterocycles. The van der Waals surface area contributed by atoms with Crippen LogP contribution in [0.3, 0.4) is 0 Å². The highest BCUT2D eigenvalue weighted by Crippen LogP contribution is 2.17. The smallest absolute Gasteiger partial charge is 0.00917 e. The normalized spacial score (nSPS) is 18.4. The Labute approximate surface area is 56.6 Å². The van der Waals surface area contributed by atoms with Crippen molar-refractivity contribution in [2.45, 2.75) is 20.3 Å². The topological polar surface area (TPSA) is 0 Å². The molecule has 9 heavy (non-hydrogen) atoms. The fourth-order valence-corrected chi connectivity index (χ4v) is 1.02. The van der Waals surface area contributed by atoms with Crippen LogP contribution >= 0.6 is 0 Å². The van der Waals surface area contributed by atoms with Crippen LogP contribution in [0.1, 0.15) is 20.3 Å². The molecule has 0 amide bonds. The van der Waals surface area contributed by atoms with Crippen LogP contribution in [0.2, 0.25) is 0 Å². The molecule has 0 N–H and O–H groups in total. The van der Waals surface area contributed by atoms with Crippen molar-refractivity contribution >= 4 is 0 Å². The molecule has 0 nitrogen and oxygen atoms in total. The molecule has 0 aliphatic heterocycles. The molecule has 0 bridgehead atoms. The van der Waals surface area contributed by atoms with Crippen LogP contribution in [0, 0.1) is 0 Å². The van der Waals surface area contributed by atoms with Gasteiger partial charge in [0.05, 0.1) is 0 Å². The predicted octanol–water partition coefficient (Wildman–Crippen LogP) is 2.84. The third-order valence-electron chi connectivity index (χ3n) is 1.45. The van der Waals surface area contributed by atoms with E-state index in [1.807, 2.05) is 0 Å². The van der Waals surface area contributed by atoms with Gasteiger partial charge in [-0.15, -0.1) is 0 Å². The Bertz CT molecular complexity index is 180. The first-order valence-corrected chi connectivity index (χ1v) is 3.33. The summed E-state index contributed by atoms with van der Waals surface area (Å²) in [6.07, 6.45) is 9.83. The number of allylic oxidation sites excluding steroid dienone is 6. The minimum absolute atomic E-state index is 1.12. The van der Waals surface area contributed by atoms with E-state index in [1.165, 1.54) is 11.1 Å². The summed E-state index contributed by atoms with van der Waals surface area (Å²) in [5.41, 5.74) is 2.82. The van der Waals surface area contributed by atoms with Crippen molar-refractivity contribution in [3.05, 3.63) is 35.5 Å². The molecule has 0 heteroatoms. The summed E-state index contributed by atoms with van der Waals surface area (Å²) in [6.45, 7) is 4.19. The van der Waals surface area contributed by atoms with Crippen molar-refractivity contribution in [3.63, 3.8) is 0 Å². The minimum Gasteiger partial charge on any atom is -0.0874 e. The van der Waals surface area contributed by atoms with E-state index in [4.69, 9.17) is 0 Å². The Balaban J connectivity index is 2.60. The first-order valence-electron chi connectivity index (χ1n) is 3.33. The van der Waals surface area contributed by atoms with Gasteiger partial charge in [-0.2, -0.15) is 0 Å². The summed E-state index contributed by atoms with van der Waals surface area (Å²) in [4.78, 5) is 0. The van der Waals surface area contributed by atoms with E-state index in [0.717, 1.165) is 6.42 Å². The van der Waals surface area contributed by atoms with Gasteiger partial charge >= 0.3 is 0 Å². The highest BCUT2D eigenvalue weighted by molar-refractivity contribution is 5.36. The van der Waals surface area contributed by atoms with Crippen molar-refractivity contribution in [2.75, 3.05) is 0 Å². The molecule has 1 aliphatic carbocycles. The van der Waals surface area contributed by atoms with E-state index in [0.29, 0.717) is 0 Å². The molecule has 0 unspecified atom stereocenters. The minimum atomic E-state index is 1.12. The SMILES string of the molecule is CC=CC1=CC(C)=CC1. The summed E-state index contributed by atoms with van der Waals surface area (Å²) >= 11 is 0. The summed E-state index contributed by atoms with van der Waals surface area (Å²) in [5, 5.41) is 0. The standard InChI is InChI=1S/C9H12/c1-3-4-9-6-5-8(2)7-9/h3-5,7H,6H2,1-2H3. The second-order valence-electron chi connectivity index (χ2n) is 2.37. The lowest BCUT2D eigenvalue weighted by molar-refractivity contribution is 1.32. The Morgan fingerprint density at radius 3 is 2.78 bits per heavy atom. The van der Waals surface area contributed by atoms with Crippen LogP contribution in [0.15, 0.2) is 35.5 Å². The Hall–Kier alpha value is -0.780. The molecular formula is C9H12. The summed E-state index contributed by atoms with van der Waals surface area (Å²) in [7, 11) is 0.